The minimum absolute atomic E-state index is 0.878. The SMILES string of the molecule is Brc1c(Cc2ccccc2)cccc1C(=C(c1ccccc1)c1ccccc1)c1ccccc1. The third-order valence-electron chi connectivity index (χ3n) is 6.02. The van der Waals surface area contributed by atoms with Crippen molar-refractivity contribution in [2.24, 2.45) is 0 Å². The van der Waals surface area contributed by atoms with Crippen LogP contribution in [0.5, 0.6) is 0 Å². The number of hydrogen-bond acceptors (Lipinski definition) is 0. The van der Waals surface area contributed by atoms with Crippen LogP contribution < -0.4 is 0 Å². The van der Waals surface area contributed by atoms with Crippen molar-refractivity contribution in [3.8, 4) is 0 Å². The first-order chi connectivity index (χ1) is 16.8. The van der Waals surface area contributed by atoms with E-state index in [1.807, 2.05) is 0 Å². The molecule has 0 bridgehead atoms. The molecule has 0 aromatic heterocycles. The smallest absolute Gasteiger partial charge is 0.0289 e. The second-order valence-corrected chi connectivity index (χ2v) is 9.08. The zero-order valence-electron chi connectivity index (χ0n) is 18.9. The van der Waals surface area contributed by atoms with Gasteiger partial charge in [0.25, 0.3) is 0 Å². The molecule has 0 spiro atoms. The largest absolute Gasteiger partial charge is 0.0622 e. The van der Waals surface area contributed by atoms with Gasteiger partial charge in [0.05, 0.1) is 0 Å². The molecule has 0 saturated carbocycles. The molecule has 0 atom stereocenters. The van der Waals surface area contributed by atoms with Gasteiger partial charge in [0.15, 0.2) is 0 Å². The summed E-state index contributed by atoms with van der Waals surface area (Å²) < 4.78 is 1.14. The Morgan fingerprint density at radius 3 is 1.38 bits per heavy atom. The molecule has 1 heteroatoms. The standard InChI is InChI=1S/C33H25Br/c34-33-29(24-25-14-5-1-6-15-25)22-13-23-30(33)32(28-20-11-4-12-21-28)31(26-16-7-2-8-17-26)27-18-9-3-10-19-27/h1-23H,24H2. The molecule has 0 unspecified atom stereocenters. The monoisotopic (exact) mass is 500 g/mol. The van der Waals surface area contributed by atoms with E-state index in [1.54, 1.807) is 0 Å². The highest BCUT2D eigenvalue weighted by molar-refractivity contribution is 9.10. The normalized spacial score (nSPS) is 10.6. The lowest BCUT2D eigenvalue weighted by molar-refractivity contribution is 1.17. The van der Waals surface area contributed by atoms with Crippen molar-refractivity contribution in [2.45, 2.75) is 6.42 Å². The maximum Gasteiger partial charge on any atom is 0.0289 e. The Bertz CT molecular complexity index is 1350. The summed E-state index contributed by atoms with van der Waals surface area (Å²) in [5, 5.41) is 0. The lowest BCUT2D eigenvalue weighted by atomic mass is 9.85. The Kier molecular flexibility index (Phi) is 6.84. The van der Waals surface area contributed by atoms with Crippen LogP contribution in [0.15, 0.2) is 144 Å². The quantitative estimate of drug-likeness (QED) is 0.204. The van der Waals surface area contributed by atoms with Crippen molar-refractivity contribution in [2.75, 3.05) is 0 Å². The molecule has 5 rings (SSSR count). The molecule has 34 heavy (non-hydrogen) atoms. The molecule has 0 heterocycles. The number of rotatable bonds is 6. The molecule has 0 N–H and O–H groups in total. The van der Waals surface area contributed by atoms with Gasteiger partial charge < -0.3 is 0 Å². The fourth-order valence-corrected chi connectivity index (χ4v) is 5.03. The molecule has 0 radical (unpaired) electrons. The van der Waals surface area contributed by atoms with Crippen molar-refractivity contribution in [3.63, 3.8) is 0 Å². The van der Waals surface area contributed by atoms with E-state index < -0.39 is 0 Å². The summed E-state index contributed by atoms with van der Waals surface area (Å²) in [6.07, 6.45) is 0.878. The summed E-state index contributed by atoms with van der Waals surface area (Å²) in [6, 6.07) is 49.4. The maximum atomic E-state index is 4.02. The molecule has 0 aliphatic rings. The molecule has 164 valence electrons. The van der Waals surface area contributed by atoms with Gasteiger partial charge in [-0.1, -0.05) is 140 Å². The van der Waals surface area contributed by atoms with Crippen LogP contribution in [0.3, 0.4) is 0 Å². The van der Waals surface area contributed by atoms with Crippen molar-refractivity contribution < 1.29 is 0 Å². The van der Waals surface area contributed by atoms with Crippen LogP contribution in [-0.2, 0) is 6.42 Å². The third kappa shape index (κ3) is 4.81. The zero-order valence-corrected chi connectivity index (χ0v) is 20.5. The van der Waals surface area contributed by atoms with Gasteiger partial charge in [-0.15, -0.1) is 0 Å². The Hall–Kier alpha value is -3.68. The zero-order chi connectivity index (χ0) is 23.2. The van der Waals surface area contributed by atoms with Crippen LogP contribution in [0.25, 0.3) is 11.1 Å². The van der Waals surface area contributed by atoms with E-state index in [0.717, 1.165) is 10.9 Å². The van der Waals surface area contributed by atoms with Gasteiger partial charge in [-0.2, -0.15) is 0 Å². The van der Waals surface area contributed by atoms with Crippen LogP contribution in [0.2, 0.25) is 0 Å². The summed E-state index contributed by atoms with van der Waals surface area (Å²) in [5.41, 5.74) is 9.82. The van der Waals surface area contributed by atoms with Gasteiger partial charge in [0.1, 0.15) is 0 Å². The summed E-state index contributed by atoms with van der Waals surface area (Å²) in [7, 11) is 0. The van der Waals surface area contributed by atoms with E-state index in [-0.39, 0.29) is 0 Å². The van der Waals surface area contributed by atoms with E-state index in [2.05, 4.69) is 155 Å². The number of halogens is 1. The van der Waals surface area contributed by atoms with Crippen LogP contribution in [0, 0.1) is 0 Å². The average Bonchev–Trinajstić information content (AvgIpc) is 2.91. The molecular weight excluding hydrogens is 476 g/mol. The van der Waals surface area contributed by atoms with E-state index in [1.165, 1.54) is 44.5 Å². The molecule has 5 aromatic rings. The van der Waals surface area contributed by atoms with Crippen molar-refractivity contribution in [1.29, 1.82) is 0 Å². The minimum atomic E-state index is 0.878. The molecule has 0 fully saturated rings. The van der Waals surface area contributed by atoms with Gasteiger partial charge >= 0.3 is 0 Å². The van der Waals surface area contributed by atoms with Gasteiger partial charge in [-0.05, 0) is 66.9 Å². The Morgan fingerprint density at radius 2 is 0.882 bits per heavy atom. The highest BCUT2D eigenvalue weighted by atomic mass is 79.9. The average molecular weight is 501 g/mol. The molecule has 5 aromatic carbocycles. The maximum absolute atomic E-state index is 4.02. The Balaban J connectivity index is 1.79. The Labute approximate surface area is 210 Å². The molecule has 0 nitrogen and oxygen atoms in total. The highest BCUT2D eigenvalue weighted by Crippen LogP contribution is 2.40. The summed E-state index contributed by atoms with van der Waals surface area (Å²) in [5.74, 6) is 0. The fourth-order valence-electron chi connectivity index (χ4n) is 4.43. The van der Waals surface area contributed by atoms with Crippen LogP contribution in [-0.4, -0.2) is 0 Å². The molecular formula is C33H25Br. The lowest BCUT2D eigenvalue weighted by Crippen LogP contribution is -2.00. The fraction of sp³-hybridized carbons (Fsp3) is 0.0303. The third-order valence-corrected chi connectivity index (χ3v) is 6.96. The number of benzene rings is 5. The topological polar surface area (TPSA) is 0 Å². The minimum Gasteiger partial charge on any atom is -0.0622 e. The second-order valence-electron chi connectivity index (χ2n) is 8.29. The van der Waals surface area contributed by atoms with E-state index >= 15 is 0 Å². The first kappa shape index (κ1) is 22.1. The first-order valence-corrected chi connectivity index (χ1v) is 12.3. The second kappa shape index (κ2) is 10.5. The molecule has 0 aliphatic carbocycles. The van der Waals surface area contributed by atoms with Crippen LogP contribution in [0.1, 0.15) is 33.4 Å². The van der Waals surface area contributed by atoms with Crippen molar-refractivity contribution in [1.82, 2.24) is 0 Å². The summed E-state index contributed by atoms with van der Waals surface area (Å²) >= 11 is 4.02. The highest BCUT2D eigenvalue weighted by Gasteiger charge is 2.19. The predicted octanol–water partition coefficient (Wildman–Crippen LogP) is 9.05. The Morgan fingerprint density at radius 1 is 0.441 bits per heavy atom. The molecule has 0 amide bonds. The lowest BCUT2D eigenvalue weighted by Gasteiger charge is -2.20. The van der Waals surface area contributed by atoms with E-state index in [4.69, 9.17) is 0 Å². The summed E-state index contributed by atoms with van der Waals surface area (Å²) in [4.78, 5) is 0. The van der Waals surface area contributed by atoms with E-state index in [0.29, 0.717) is 0 Å². The molecule has 0 saturated heterocycles. The van der Waals surface area contributed by atoms with Crippen LogP contribution >= 0.6 is 15.9 Å². The van der Waals surface area contributed by atoms with Gasteiger partial charge in [0, 0.05) is 4.47 Å². The van der Waals surface area contributed by atoms with Gasteiger partial charge in [-0.25, -0.2) is 0 Å². The number of hydrogen-bond donors (Lipinski definition) is 0. The van der Waals surface area contributed by atoms with Gasteiger partial charge in [0.2, 0.25) is 0 Å². The first-order valence-electron chi connectivity index (χ1n) is 11.5. The summed E-state index contributed by atoms with van der Waals surface area (Å²) in [6.45, 7) is 0. The van der Waals surface area contributed by atoms with E-state index in [9.17, 15) is 0 Å². The molecule has 0 aliphatic heterocycles. The van der Waals surface area contributed by atoms with Crippen molar-refractivity contribution >= 4 is 27.1 Å². The van der Waals surface area contributed by atoms with Gasteiger partial charge in [-0.3, -0.25) is 0 Å². The van der Waals surface area contributed by atoms with Crippen molar-refractivity contribution in [3.05, 3.63) is 177 Å². The van der Waals surface area contributed by atoms with Crippen LogP contribution in [0.4, 0.5) is 0 Å². The predicted molar refractivity (Wildman–Crippen MR) is 148 cm³/mol.